The molecular formula is C21H26F5N5O. The van der Waals surface area contributed by atoms with Gasteiger partial charge in [-0.2, -0.15) is 8.78 Å². The van der Waals surface area contributed by atoms with Crippen LogP contribution >= 0.6 is 0 Å². The summed E-state index contributed by atoms with van der Waals surface area (Å²) in [6.45, 7) is 1.82. The largest absolute Gasteiger partial charge is 0.486 e. The molecule has 0 amide bonds. The first-order chi connectivity index (χ1) is 15.2. The van der Waals surface area contributed by atoms with Gasteiger partial charge in [-0.15, -0.1) is 0 Å². The van der Waals surface area contributed by atoms with E-state index in [0.29, 0.717) is 5.82 Å². The van der Waals surface area contributed by atoms with Crippen LogP contribution in [0.2, 0.25) is 0 Å². The molecule has 6 nitrogen and oxygen atoms in total. The highest BCUT2D eigenvalue weighted by atomic mass is 19.2. The van der Waals surface area contributed by atoms with Crippen molar-refractivity contribution in [3.8, 4) is 5.75 Å². The van der Waals surface area contributed by atoms with Crippen LogP contribution < -0.4 is 20.3 Å². The van der Waals surface area contributed by atoms with Crippen molar-refractivity contribution in [1.82, 2.24) is 15.3 Å². The predicted molar refractivity (Wildman–Crippen MR) is 110 cm³/mol. The molecule has 1 aliphatic carbocycles. The van der Waals surface area contributed by atoms with Gasteiger partial charge in [0.2, 0.25) is 29.1 Å². The third-order valence-electron chi connectivity index (χ3n) is 5.31. The zero-order chi connectivity index (χ0) is 23.4. The van der Waals surface area contributed by atoms with Gasteiger partial charge < -0.3 is 20.3 Å². The number of nitrogens with one attached hydrogen (secondary N) is 2. The molecule has 1 fully saturated rings. The number of aryl methyl sites for hydroxylation is 1. The van der Waals surface area contributed by atoms with Crippen molar-refractivity contribution in [2.24, 2.45) is 0 Å². The summed E-state index contributed by atoms with van der Waals surface area (Å²) in [5, 5.41) is 6.64. The molecule has 11 heteroatoms. The zero-order valence-electron chi connectivity index (χ0n) is 18.1. The van der Waals surface area contributed by atoms with E-state index >= 15 is 0 Å². The van der Waals surface area contributed by atoms with Crippen LogP contribution in [0.15, 0.2) is 6.07 Å². The Bertz CT molecular complexity index is 922. The van der Waals surface area contributed by atoms with Gasteiger partial charge in [-0.3, -0.25) is 0 Å². The molecule has 1 heterocycles. The molecule has 1 saturated carbocycles. The summed E-state index contributed by atoms with van der Waals surface area (Å²) in [7, 11) is 3.83. The monoisotopic (exact) mass is 459 g/mol. The van der Waals surface area contributed by atoms with E-state index in [9.17, 15) is 22.0 Å². The molecule has 0 saturated heterocycles. The minimum Gasteiger partial charge on any atom is -0.486 e. The summed E-state index contributed by atoms with van der Waals surface area (Å²) in [6, 6.07) is 2.31. The third kappa shape index (κ3) is 5.56. The number of nitrogens with zero attached hydrogens (tertiary/aromatic N) is 3. The molecule has 0 atom stereocenters. The Hall–Kier alpha value is -2.69. The van der Waals surface area contributed by atoms with E-state index < -0.39 is 34.8 Å². The molecule has 3 rings (SSSR count). The molecule has 0 bridgehead atoms. The highest BCUT2D eigenvalue weighted by Crippen LogP contribution is 2.29. The summed E-state index contributed by atoms with van der Waals surface area (Å²) in [6.07, 6.45) is 3.47. The van der Waals surface area contributed by atoms with Gasteiger partial charge in [-0.25, -0.2) is 23.1 Å². The lowest BCUT2D eigenvalue weighted by molar-refractivity contribution is 0.250. The Kier molecular flexibility index (Phi) is 7.70. The topological polar surface area (TPSA) is 62.3 Å². The Morgan fingerprint density at radius 2 is 1.47 bits per heavy atom. The van der Waals surface area contributed by atoms with Crippen LogP contribution in [0.5, 0.6) is 5.75 Å². The summed E-state index contributed by atoms with van der Waals surface area (Å²) < 4.78 is 71.5. The van der Waals surface area contributed by atoms with Gasteiger partial charge >= 0.3 is 0 Å². The maximum atomic E-state index is 13.6. The summed E-state index contributed by atoms with van der Waals surface area (Å²) in [5.74, 6) is -9.15. The van der Waals surface area contributed by atoms with Crippen LogP contribution in [-0.4, -0.2) is 49.3 Å². The Balaban J connectivity index is 1.44. The average molecular weight is 459 g/mol. The van der Waals surface area contributed by atoms with Crippen LogP contribution in [0.4, 0.5) is 33.6 Å². The highest BCUT2D eigenvalue weighted by Gasteiger charge is 2.27. The van der Waals surface area contributed by atoms with Crippen LogP contribution in [0, 0.1) is 36.0 Å². The normalized spacial score (nSPS) is 18.5. The fourth-order valence-corrected chi connectivity index (χ4v) is 3.63. The van der Waals surface area contributed by atoms with E-state index in [1.165, 1.54) is 0 Å². The van der Waals surface area contributed by atoms with Gasteiger partial charge in [0.1, 0.15) is 24.1 Å². The number of benzene rings is 1. The molecule has 176 valence electrons. The minimum atomic E-state index is -2.20. The first kappa shape index (κ1) is 24.0. The Morgan fingerprint density at radius 3 is 2.06 bits per heavy atom. The smallest absolute Gasteiger partial charge is 0.206 e. The summed E-state index contributed by atoms with van der Waals surface area (Å²) in [5.41, 5.74) is 0. The first-order valence-electron chi connectivity index (χ1n) is 10.3. The van der Waals surface area contributed by atoms with Gasteiger partial charge in [0, 0.05) is 38.8 Å². The van der Waals surface area contributed by atoms with Crippen molar-refractivity contribution in [2.75, 3.05) is 37.5 Å². The highest BCUT2D eigenvalue weighted by molar-refractivity contribution is 5.49. The minimum absolute atomic E-state index is 0.164. The zero-order valence-corrected chi connectivity index (χ0v) is 18.1. The lowest BCUT2D eigenvalue weighted by Gasteiger charge is -2.30. The van der Waals surface area contributed by atoms with Crippen molar-refractivity contribution in [1.29, 1.82) is 0 Å². The maximum absolute atomic E-state index is 13.6. The van der Waals surface area contributed by atoms with E-state index in [1.54, 1.807) is 0 Å². The number of hydrogen-bond acceptors (Lipinski definition) is 6. The van der Waals surface area contributed by atoms with Gasteiger partial charge in [0.25, 0.3) is 0 Å². The van der Waals surface area contributed by atoms with Crippen molar-refractivity contribution in [3.05, 3.63) is 41.0 Å². The number of anilines is 2. The van der Waals surface area contributed by atoms with Gasteiger partial charge in [0.05, 0.1) is 0 Å². The summed E-state index contributed by atoms with van der Waals surface area (Å²) in [4.78, 5) is 10.7. The van der Waals surface area contributed by atoms with Crippen molar-refractivity contribution >= 4 is 11.6 Å². The Morgan fingerprint density at radius 1 is 0.906 bits per heavy atom. The van der Waals surface area contributed by atoms with Crippen molar-refractivity contribution < 1.29 is 26.7 Å². The molecule has 1 aromatic heterocycles. The van der Waals surface area contributed by atoms with Gasteiger partial charge in [-0.1, -0.05) is 0 Å². The third-order valence-corrected chi connectivity index (χ3v) is 5.31. The molecule has 32 heavy (non-hydrogen) atoms. The Labute approximate surface area is 183 Å². The molecule has 0 radical (unpaired) electrons. The SMILES string of the molecule is Cc1nc(NC2CCC(NCCOc3c(F)c(F)c(F)c(F)c3F)CC2)cc(N(C)C)n1. The number of aromatic nitrogens is 2. The van der Waals surface area contributed by atoms with Crippen LogP contribution in [0.1, 0.15) is 31.5 Å². The van der Waals surface area contributed by atoms with E-state index in [1.807, 2.05) is 32.0 Å². The fraction of sp³-hybridized carbons (Fsp3) is 0.524. The lowest BCUT2D eigenvalue weighted by atomic mass is 9.91. The van der Waals surface area contributed by atoms with Crippen LogP contribution in [0.3, 0.4) is 0 Å². The van der Waals surface area contributed by atoms with Crippen molar-refractivity contribution in [3.63, 3.8) is 0 Å². The molecule has 1 aromatic carbocycles. The van der Waals surface area contributed by atoms with Gasteiger partial charge in [-0.05, 0) is 32.6 Å². The second kappa shape index (κ2) is 10.3. The quantitative estimate of drug-likeness (QED) is 0.270. The van der Waals surface area contributed by atoms with E-state index in [0.717, 1.165) is 37.3 Å². The van der Waals surface area contributed by atoms with Crippen molar-refractivity contribution in [2.45, 2.75) is 44.7 Å². The molecule has 0 aliphatic heterocycles. The molecule has 0 unspecified atom stereocenters. The summed E-state index contributed by atoms with van der Waals surface area (Å²) >= 11 is 0. The lowest BCUT2D eigenvalue weighted by Crippen LogP contribution is -2.38. The van der Waals surface area contributed by atoms with Crippen LogP contribution in [0.25, 0.3) is 0 Å². The molecule has 1 aliphatic rings. The van der Waals surface area contributed by atoms with E-state index in [2.05, 4.69) is 20.6 Å². The molecule has 0 spiro atoms. The molecule has 2 N–H and O–H groups in total. The van der Waals surface area contributed by atoms with E-state index in [4.69, 9.17) is 4.74 Å². The number of rotatable bonds is 8. The first-order valence-corrected chi connectivity index (χ1v) is 10.3. The predicted octanol–water partition coefficient (Wildman–Crippen LogP) is 3.94. The number of hydrogen-bond donors (Lipinski definition) is 2. The fourth-order valence-electron chi connectivity index (χ4n) is 3.63. The molecular weight excluding hydrogens is 433 g/mol. The standard InChI is InChI=1S/C21H26F5N5O/c1-11-28-14(10-15(29-11)31(2)3)30-13-6-4-12(5-7-13)27-8-9-32-21-19(25)17(23)16(22)18(24)20(21)26/h10,12-13,27H,4-9H2,1-3H3,(H,28,29,30). The molecule has 2 aromatic rings. The van der Waals surface area contributed by atoms with Crippen LogP contribution in [-0.2, 0) is 0 Å². The van der Waals surface area contributed by atoms with Gasteiger partial charge in [0.15, 0.2) is 5.75 Å². The maximum Gasteiger partial charge on any atom is 0.206 e. The second-order valence-electron chi connectivity index (χ2n) is 7.95. The number of ether oxygens (including phenoxy) is 1. The average Bonchev–Trinajstić information content (AvgIpc) is 2.76. The second-order valence-corrected chi connectivity index (χ2v) is 7.95. The van der Waals surface area contributed by atoms with E-state index in [-0.39, 0.29) is 25.2 Å². The number of halogens is 5.